The van der Waals surface area contributed by atoms with Crippen molar-refractivity contribution in [1.82, 2.24) is 15.1 Å². The van der Waals surface area contributed by atoms with E-state index in [1.807, 2.05) is 43.4 Å². The minimum Gasteiger partial charge on any atom is -0.481 e. The number of hydrogen-bond acceptors (Lipinski definition) is 5. The maximum Gasteiger partial charge on any atom is 0.407 e. The van der Waals surface area contributed by atoms with Gasteiger partial charge >= 0.3 is 12.1 Å². The standard InChI is InChI=1S/C25H29N3O5/c1-27-11-6-12-28(14-13-27)24(31)22(15-23(29)30)26-25(32)33-16-21-19-9-4-2-7-17(19)18-8-3-5-10-20(18)21/h2-5,7-10,21-22H,6,11-16H2,1H3,(H,26,32)(H,29,30). The van der Waals surface area contributed by atoms with Gasteiger partial charge in [0.1, 0.15) is 12.6 Å². The van der Waals surface area contributed by atoms with Gasteiger partial charge in [-0.05, 0) is 42.3 Å². The number of benzene rings is 2. The molecule has 0 aromatic heterocycles. The zero-order valence-corrected chi connectivity index (χ0v) is 18.7. The third-order valence-electron chi connectivity index (χ3n) is 6.34. The molecule has 2 amide bonds. The van der Waals surface area contributed by atoms with E-state index in [0.717, 1.165) is 35.2 Å². The van der Waals surface area contributed by atoms with Gasteiger partial charge in [-0.15, -0.1) is 0 Å². The summed E-state index contributed by atoms with van der Waals surface area (Å²) in [6.45, 7) is 2.70. The Kier molecular flexibility index (Phi) is 6.93. The number of aliphatic carboxylic acids is 1. The molecule has 0 radical (unpaired) electrons. The first-order valence-corrected chi connectivity index (χ1v) is 11.2. The second-order valence-corrected chi connectivity index (χ2v) is 8.60. The predicted octanol–water partition coefficient (Wildman–Crippen LogP) is 2.53. The van der Waals surface area contributed by atoms with Crippen molar-refractivity contribution in [3.8, 4) is 11.1 Å². The molecule has 1 fully saturated rings. The van der Waals surface area contributed by atoms with E-state index in [2.05, 4.69) is 22.3 Å². The first-order chi connectivity index (χ1) is 15.9. The van der Waals surface area contributed by atoms with Gasteiger partial charge in [0.25, 0.3) is 0 Å². The van der Waals surface area contributed by atoms with Crippen molar-refractivity contribution in [3.63, 3.8) is 0 Å². The molecular formula is C25H29N3O5. The minimum atomic E-state index is -1.17. The molecule has 1 aliphatic heterocycles. The van der Waals surface area contributed by atoms with Gasteiger partial charge in [0, 0.05) is 25.6 Å². The van der Waals surface area contributed by atoms with Crippen molar-refractivity contribution < 1.29 is 24.2 Å². The molecule has 4 rings (SSSR count). The number of rotatable bonds is 6. The summed E-state index contributed by atoms with van der Waals surface area (Å²) >= 11 is 0. The summed E-state index contributed by atoms with van der Waals surface area (Å²) < 4.78 is 5.51. The van der Waals surface area contributed by atoms with E-state index in [-0.39, 0.29) is 18.4 Å². The Morgan fingerprint density at radius 2 is 1.64 bits per heavy atom. The summed E-state index contributed by atoms with van der Waals surface area (Å²) in [6, 6.07) is 14.9. The average Bonchev–Trinajstić information content (AvgIpc) is 2.95. The number of nitrogens with zero attached hydrogens (tertiary/aromatic N) is 2. The van der Waals surface area contributed by atoms with E-state index in [9.17, 15) is 19.5 Å². The van der Waals surface area contributed by atoms with Crippen LogP contribution in [0.5, 0.6) is 0 Å². The van der Waals surface area contributed by atoms with Crippen LogP contribution in [-0.2, 0) is 14.3 Å². The topological polar surface area (TPSA) is 99.2 Å². The summed E-state index contributed by atoms with van der Waals surface area (Å²) in [5, 5.41) is 11.8. The summed E-state index contributed by atoms with van der Waals surface area (Å²) in [6.07, 6.45) is -0.481. The molecule has 2 aromatic carbocycles. The van der Waals surface area contributed by atoms with Crippen LogP contribution in [0.3, 0.4) is 0 Å². The van der Waals surface area contributed by atoms with Gasteiger partial charge in [-0.3, -0.25) is 9.59 Å². The molecule has 1 heterocycles. The Hall–Kier alpha value is -3.39. The Bertz CT molecular complexity index is 995. The molecule has 2 aromatic rings. The third-order valence-corrected chi connectivity index (χ3v) is 6.34. The molecule has 1 unspecified atom stereocenters. The normalized spacial score (nSPS) is 16.9. The number of carboxylic acids is 1. The highest BCUT2D eigenvalue weighted by atomic mass is 16.5. The van der Waals surface area contributed by atoms with Crippen molar-refractivity contribution in [2.45, 2.75) is 24.8 Å². The van der Waals surface area contributed by atoms with Gasteiger partial charge < -0.3 is 25.0 Å². The third kappa shape index (κ3) is 5.17. The van der Waals surface area contributed by atoms with Crippen LogP contribution in [-0.4, -0.2) is 78.8 Å². The summed E-state index contributed by atoms with van der Waals surface area (Å²) in [5.74, 6) is -1.65. The molecule has 1 aliphatic carbocycles. The number of carboxylic acid groups (broad SMARTS) is 1. The summed E-state index contributed by atoms with van der Waals surface area (Å²) in [4.78, 5) is 40.7. The molecule has 2 aliphatic rings. The molecule has 0 bridgehead atoms. The lowest BCUT2D eigenvalue weighted by Crippen LogP contribution is -2.50. The number of amides is 2. The lowest BCUT2D eigenvalue weighted by atomic mass is 9.98. The molecule has 33 heavy (non-hydrogen) atoms. The highest BCUT2D eigenvalue weighted by molar-refractivity contribution is 5.89. The maximum absolute atomic E-state index is 13.0. The molecule has 0 saturated carbocycles. The fraction of sp³-hybridized carbons (Fsp3) is 0.400. The summed E-state index contributed by atoms with van der Waals surface area (Å²) in [7, 11) is 1.98. The lowest BCUT2D eigenvalue weighted by molar-refractivity contribution is -0.142. The fourth-order valence-electron chi connectivity index (χ4n) is 4.64. The minimum absolute atomic E-state index is 0.0996. The van der Waals surface area contributed by atoms with Gasteiger partial charge in [0.05, 0.1) is 6.42 Å². The van der Waals surface area contributed by atoms with E-state index in [4.69, 9.17) is 4.74 Å². The number of nitrogens with one attached hydrogen (secondary N) is 1. The second-order valence-electron chi connectivity index (χ2n) is 8.60. The van der Waals surface area contributed by atoms with E-state index in [1.54, 1.807) is 4.90 Å². The second kappa shape index (κ2) is 10.0. The first-order valence-electron chi connectivity index (χ1n) is 11.2. The zero-order valence-electron chi connectivity index (χ0n) is 18.7. The van der Waals surface area contributed by atoms with E-state index in [1.165, 1.54) is 0 Å². The maximum atomic E-state index is 13.0. The number of carbonyl (C=O) groups is 3. The van der Waals surface area contributed by atoms with Crippen LogP contribution in [0.25, 0.3) is 11.1 Å². The monoisotopic (exact) mass is 451 g/mol. The number of alkyl carbamates (subject to hydrolysis) is 1. The Balaban J connectivity index is 1.42. The molecule has 174 valence electrons. The SMILES string of the molecule is CN1CCCN(C(=O)C(CC(=O)O)NC(=O)OCC2c3ccccc3-c3ccccc32)CC1. The molecule has 2 N–H and O–H groups in total. The largest absolute Gasteiger partial charge is 0.481 e. The number of fused-ring (bicyclic) bond motifs is 3. The van der Waals surface area contributed by atoms with Gasteiger partial charge in [-0.2, -0.15) is 0 Å². The van der Waals surface area contributed by atoms with Gasteiger partial charge in [-0.25, -0.2) is 4.79 Å². The molecular weight excluding hydrogens is 422 g/mol. The van der Waals surface area contributed by atoms with E-state index < -0.39 is 24.5 Å². The van der Waals surface area contributed by atoms with Gasteiger partial charge in [0.15, 0.2) is 0 Å². The molecule has 8 heteroatoms. The van der Waals surface area contributed by atoms with Crippen molar-refractivity contribution in [2.24, 2.45) is 0 Å². The quantitative estimate of drug-likeness (QED) is 0.700. The van der Waals surface area contributed by atoms with Gasteiger partial charge in [-0.1, -0.05) is 48.5 Å². The highest BCUT2D eigenvalue weighted by Crippen LogP contribution is 2.44. The van der Waals surface area contributed by atoms with Gasteiger partial charge in [0.2, 0.25) is 5.91 Å². The number of hydrogen-bond donors (Lipinski definition) is 2. The fourth-order valence-corrected chi connectivity index (χ4v) is 4.64. The highest BCUT2D eigenvalue weighted by Gasteiger charge is 2.32. The number of carbonyl (C=O) groups excluding carboxylic acids is 2. The van der Waals surface area contributed by atoms with Crippen LogP contribution in [0.15, 0.2) is 48.5 Å². The molecule has 1 atom stereocenters. The van der Waals surface area contributed by atoms with Crippen molar-refractivity contribution in [3.05, 3.63) is 59.7 Å². The van der Waals surface area contributed by atoms with E-state index in [0.29, 0.717) is 19.6 Å². The van der Waals surface area contributed by atoms with Crippen molar-refractivity contribution >= 4 is 18.0 Å². The van der Waals surface area contributed by atoms with Crippen LogP contribution >= 0.6 is 0 Å². The summed E-state index contributed by atoms with van der Waals surface area (Å²) in [5.41, 5.74) is 4.40. The Morgan fingerprint density at radius 1 is 1.00 bits per heavy atom. The van der Waals surface area contributed by atoms with Crippen LogP contribution < -0.4 is 5.32 Å². The number of ether oxygens (including phenoxy) is 1. The smallest absolute Gasteiger partial charge is 0.407 e. The molecule has 0 spiro atoms. The van der Waals surface area contributed by atoms with Crippen LogP contribution in [0.2, 0.25) is 0 Å². The predicted molar refractivity (Wildman–Crippen MR) is 123 cm³/mol. The zero-order chi connectivity index (χ0) is 23.4. The van der Waals surface area contributed by atoms with E-state index >= 15 is 0 Å². The van der Waals surface area contributed by atoms with Crippen LogP contribution in [0.4, 0.5) is 4.79 Å². The Morgan fingerprint density at radius 3 is 2.27 bits per heavy atom. The lowest BCUT2D eigenvalue weighted by Gasteiger charge is -2.26. The number of likely N-dealkylation sites (N-methyl/N-ethyl adjacent to an activating group) is 1. The van der Waals surface area contributed by atoms with Crippen LogP contribution in [0.1, 0.15) is 29.9 Å². The molecule has 1 saturated heterocycles. The van der Waals surface area contributed by atoms with Crippen molar-refractivity contribution in [2.75, 3.05) is 39.8 Å². The van der Waals surface area contributed by atoms with Crippen LogP contribution in [0, 0.1) is 0 Å². The first kappa shape index (κ1) is 22.8. The molecule has 8 nitrogen and oxygen atoms in total. The van der Waals surface area contributed by atoms with Crippen molar-refractivity contribution in [1.29, 1.82) is 0 Å². The average molecular weight is 452 g/mol. The Labute approximate surface area is 193 Å².